The molecule has 86 valence electrons. The van der Waals surface area contributed by atoms with Crippen LogP contribution < -0.4 is 5.32 Å². The Hall–Kier alpha value is -0.830. The third-order valence-corrected chi connectivity index (χ3v) is 2.52. The highest BCUT2D eigenvalue weighted by atomic mass is 14.9. The quantitative estimate of drug-likeness (QED) is 0.783. The average molecular weight is 209 g/mol. The van der Waals surface area contributed by atoms with E-state index in [0.29, 0.717) is 11.5 Å². The largest absolute Gasteiger partial charge is 0.347 e. The number of H-pyrrole nitrogens is 1. The highest BCUT2D eigenvalue weighted by Crippen LogP contribution is 2.21. The van der Waals surface area contributed by atoms with Gasteiger partial charge >= 0.3 is 0 Å². The molecule has 0 spiro atoms. The Morgan fingerprint density at radius 1 is 1.47 bits per heavy atom. The van der Waals surface area contributed by atoms with Crippen LogP contribution in [0.15, 0.2) is 12.5 Å². The molecule has 1 unspecified atom stereocenters. The normalized spacial score (nSPS) is 14.1. The summed E-state index contributed by atoms with van der Waals surface area (Å²) in [6.45, 7) is 9.98. The zero-order valence-corrected chi connectivity index (χ0v) is 10.3. The van der Waals surface area contributed by atoms with Crippen molar-refractivity contribution in [2.24, 2.45) is 5.41 Å². The van der Waals surface area contributed by atoms with E-state index in [4.69, 9.17) is 0 Å². The van der Waals surface area contributed by atoms with Crippen molar-refractivity contribution in [3.05, 3.63) is 18.2 Å². The van der Waals surface area contributed by atoms with Crippen molar-refractivity contribution in [1.29, 1.82) is 0 Å². The van der Waals surface area contributed by atoms with E-state index in [2.05, 4.69) is 43.0 Å². The zero-order chi connectivity index (χ0) is 11.3. The van der Waals surface area contributed by atoms with E-state index in [1.165, 1.54) is 12.8 Å². The summed E-state index contributed by atoms with van der Waals surface area (Å²) in [6.07, 6.45) is 6.06. The lowest BCUT2D eigenvalue weighted by molar-refractivity contribution is 0.336. The van der Waals surface area contributed by atoms with Crippen molar-refractivity contribution in [2.45, 2.75) is 53.1 Å². The fraction of sp³-hybridized carbons (Fsp3) is 0.750. The van der Waals surface area contributed by atoms with Gasteiger partial charge in [-0.25, -0.2) is 4.98 Å². The minimum atomic E-state index is 0.434. The van der Waals surface area contributed by atoms with Gasteiger partial charge in [-0.3, -0.25) is 0 Å². The van der Waals surface area contributed by atoms with Gasteiger partial charge in [0.2, 0.25) is 0 Å². The van der Waals surface area contributed by atoms with Crippen molar-refractivity contribution in [3.8, 4) is 0 Å². The number of imidazole rings is 1. The molecule has 0 fully saturated rings. The molecule has 0 amide bonds. The van der Waals surface area contributed by atoms with Gasteiger partial charge in [0.05, 0.1) is 6.33 Å². The molecule has 1 atom stereocenters. The number of aromatic amines is 1. The first-order valence-corrected chi connectivity index (χ1v) is 5.68. The molecule has 2 N–H and O–H groups in total. The molecule has 0 aliphatic carbocycles. The Morgan fingerprint density at radius 3 is 2.73 bits per heavy atom. The molecule has 0 bridgehead atoms. The van der Waals surface area contributed by atoms with E-state index < -0.39 is 0 Å². The molecule has 1 rings (SSSR count). The number of hydrogen-bond acceptors (Lipinski definition) is 2. The standard InChI is InChI=1S/C12H23N3/c1-10(5-6-12(2,3)4)14-8-11-7-13-9-15-11/h7,9-10,14H,5-6,8H2,1-4H3,(H,13,15). The van der Waals surface area contributed by atoms with Gasteiger partial charge in [0.1, 0.15) is 0 Å². The summed E-state index contributed by atoms with van der Waals surface area (Å²) in [6, 6.07) is 0.563. The minimum Gasteiger partial charge on any atom is -0.347 e. The van der Waals surface area contributed by atoms with Crippen molar-refractivity contribution < 1.29 is 0 Å². The molecule has 1 aromatic rings. The lowest BCUT2D eigenvalue weighted by Crippen LogP contribution is -2.26. The number of hydrogen-bond donors (Lipinski definition) is 2. The van der Waals surface area contributed by atoms with Crippen LogP contribution in [-0.4, -0.2) is 16.0 Å². The maximum atomic E-state index is 3.99. The fourth-order valence-electron chi connectivity index (χ4n) is 1.42. The first-order chi connectivity index (χ1) is 6.97. The molecule has 0 saturated carbocycles. The van der Waals surface area contributed by atoms with Crippen LogP contribution in [-0.2, 0) is 6.54 Å². The summed E-state index contributed by atoms with van der Waals surface area (Å²) in [5.41, 5.74) is 1.59. The van der Waals surface area contributed by atoms with Gasteiger partial charge < -0.3 is 10.3 Å². The second-order valence-corrected chi connectivity index (χ2v) is 5.46. The van der Waals surface area contributed by atoms with Crippen LogP contribution in [0, 0.1) is 5.41 Å². The maximum absolute atomic E-state index is 3.99. The molecule has 0 aliphatic heterocycles. The molecule has 0 saturated heterocycles. The number of nitrogens with one attached hydrogen (secondary N) is 2. The highest BCUT2D eigenvalue weighted by Gasteiger charge is 2.12. The van der Waals surface area contributed by atoms with Gasteiger partial charge in [-0.1, -0.05) is 20.8 Å². The Bertz CT molecular complexity index is 259. The molecule has 3 nitrogen and oxygen atoms in total. The monoisotopic (exact) mass is 209 g/mol. The zero-order valence-electron chi connectivity index (χ0n) is 10.3. The first kappa shape index (κ1) is 12.2. The minimum absolute atomic E-state index is 0.434. The van der Waals surface area contributed by atoms with Crippen LogP contribution in [0.4, 0.5) is 0 Å². The maximum Gasteiger partial charge on any atom is 0.0922 e. The van der Waals surface area contributed by atoms with E-state index in [1.54, 1.807) is 6.33 Å². The second kappa shape index (κ2) is 5.31. The topological polar surface area (TPSA) is 40.7 Å². The van der Waals surface area contributed by atoms with Gasteiger partial charge in [0.25, 0.3) is 0 Å². The van der Waals surface area contributed by atoms with E-state index in [1.807, 2.05) is 6.20 Å². The summed E-state index contributed by atoms with van der Waals surface area (Å²) in [4.78, 5) is 7.08. The molecule has 0 aromatic carbocycles. The Balaban J connectivity index is 2.16. The Labute approximate surface area is 92.7 Å². The number of rotatable bonds is 5. The number of nitrogens with zero attached hydrogens (tertiary/aromatic N) is 1. The summed E-state index contributed by atoms with van der Waals surface area (Å²) >= 11 is 0. The van der Waals surface area contributed by atoms with Crippen LogP contribution in [0.1, 0.15) is 46.2 Å². The molecular formula is C12H23N3. The number of aromatic nitrogens is 2. The molecule has 0 radical (unpaired) electrons. The van der Waals surface area contributed by atoms with Crippen molar-refractivity contribution >= 4 is 0 Å². The van der Waals surface area contributed by atoms with Crippen LogP contribution in [0.2, 0.25) is 0 Å². The summed E-state index contributed by atoms with van der Waals surface area (Å²) < 4.78 is 0. The average Bonchev–Trinajstić information content (AvgIpc) is 2.62. The first-order valence-electron chi connectivity index (χ1n) is 5.68. The third-order valence-electron chi connectivity index (χ3n) is 2.52. The molecule has 3 heteroatoms. The highest BCUT2D eigenvalue weighted by molar-refractivity contribution is 4.93. The van der Waals surface area contributed by atoms with E-state index in [-0.39, 0.29) is 0 Å². The lowest BCUT2D eigenvalue weighted by atomic mass is 9.89. The summed E-state index contributed by atoms with van der Waals surface area (Å²) in [5.74, 6) is 0. The van der Waals surface area contributed by atoms with E-state index >= 15 is 0 Å². The predicted molar refractivity (Wildman–Crippen MR) is 63.6 cm³/mol. The van der Waals surface area contributed by atoms with Crippen molar-refractivity contribution in [3.63, 3.8) is 0 Å². The van der Waals surface area contributed by atoms with Crippen molar-refractivity contribution in [1.82, 2.24) is 15.3 Å². The molecule has 1 heterocycles. The molecular weight excluding hydrogens is 186 g/mol. The predicted octanol–water partition coefficient (Wildman–Crippen LogP) is 2.71. The van der Waals surface area contributed by atoms with Gasteiger partial charge in [-0.15, -0.1) is 0 Å². The van der Waals surface area contributed by atoms with Gasteiger partial charge in [-0.05, 0) is 25.2 Å². The van der Waals surface area contributed by atoms with E-state index in [9.17, 15) is 0 Å². The SMILES string of the molecule is CC(CCC(C)(C)C)NCc1cnc[nH]1. The van der Waals surface area contributed by atoms with Gasteiger partial charge in [-0.2, -0.15) is 0 Å². The summed E-state index contributed by atoms with van der Waals surface area (Å²) in [7, 11) is 0. The van der Waals surface area contributed by atoms with Crippen LogP contribution in [0.25, 0.3) is 0 Å². The molecule has 15 heavy (non-hydrogen) atoms. The lowest BCUT2D eigenvalue weighted by Gasteiger charge is -2.21. The fourth-order valence-corrected chi connectivity index (χ4v) is 1.42. The third kappa shape index (κ3) is 5.57. The Morgan fingerprint density at radius 2 is 2.20 bits per heavy atom. The molecule has 1 aromatic heterocycles. The van der Waals surface area contributed by atoms with E-state index in [0.717, 1.165) is 12.2 Å². The van der Waals surface area contributed by atoms with Crippen LogP contribution >= 0.6 is 0 Å². The van der Waals surface area contributed by atoms with Gasteiger partial charge in [0.15, 0.2) is 0 Å². The van der Waals surface area contributed by atoms with Crippen molar-refractivity contribution in [2.75, 3.05) is 0 Å². The molecule has 0 aliphatic rings. The van der Waals surface area contributed by atoms with Crippen LogP contribution in [0.5, 0.6) is 0 Å². The summed E-state index contributed by atoms with van der Waals surface area (Å²) in [5, 5.41) is 3.49. The smallest absolute Gasteiger partial charge is 0.0922 e. The van der Waals surface area contributed by atoms with Gasteiger partial charge in [0, 0.05) is 24.5 Å². The van der Waals surface area contributed by atoms with Crippen LogP contribution in [0.3, 0.4) is 0 Å². The second-order valence-electron chi connectivity index (χ2n) is 5.46. The Kier molecular flexibility index (Phi) is 4.33.